The molecule has 0 aromatic heterocycles. The van der Waals surface area contributed by atoms with Gasteiger partial charge < -0.3 is 5.32 Å². The lowest BCUT2D eigenvalue weighted by atomic mass is 9.90. The summed E-state index contributed by atoms with van der Waals surface area (Å²) in [7, 11) is 2.12. The van der Waals surface area contributed by atoms with Gasteiger partial charge in [-0.25, -0.2) is 0 Å². The third-order valence-electron chi connectivity index (χ3n) is 5.06. The Bertz CT molecular complexity index is 404. The summed E-state index contributed by atoms with van der Waals surface area (Å²) in [4.78, 5) is 0. The molecule has 1 fully saturated rings. The lowest BCUT2D eigenvalue weighted by Gasteiger charge is -2.22. The molecule has 0 saturated heterocycles. The van der Waals surface area contributed by atoms with Crippen LogP contribution in [0, 0.1) is 5.92 Å². The normalized spacial score (nSPS) is 17.6. The Hall–Kier alpha value is -0.820. The topological polar surface area (TPSA) is 12.0 Å². The molecule has 1 nitrogen and oxygen atoms in total. The fourth-order valence-electron chi connectivity index (χ4n) is 3.67. The Labute approximate surface area is 125 Å². The van der Waals surface area contributed by atoms with Crippen LogP contribution in [0.25, 0.3) is 0 Å². The van der Waals surface area contributed by atoms with Crippen molar-refractivity contribution in [1.29, 1.82) is 0 Å². The first kappa shape index (κ1) is 15.6. The van der Waals surface area contributed by atoms with Crippen LogP contribution in [0.5, 0.6) is 0 Å². The summed E-state index contributed by atoms with van der Waals surface area (Å²) in [6.45, 7) is 4.52. The molecule has 0 aliphatic heterocycles. The van der Waals surface area contributed by atoms with Crippen LogP contribution in [0.3, 0.4) is 0 Å². The number of aryl methyl sites for hydroxylation is 2. The molecule has 0 bridgehead atoms. The van der Waals surface area contributed by atoms with Gasteiger partial charge in [0.2, 0.25) is 0 Å². The summed E-state index contributed by atoms with van der Waals surface area (Å²) in [5.74, 6) is 0.991. The summed E-state index contributed by atoms with van der Waals surface area (Å²) in [6.07, 6.45) is 10.8. The van der Waals surface area contributed by atoms with Gasteiger partial charge in [0.05, 0.1) is 0 Å². The second-order valence-corrected chi connectivity index (χ2v) is 6.31. The lowest BCUT2D eigenvalue weighted by molar-refractivity contribution is 0.426. The molecule has 1 unspecified atom stereocenters. The standard InChI is InChI=1S/C19H31N/c1-4-15-10-12-17(5-2)18(14-15)19(20-3)13-11-16-8-6-7-9-16/h10,12,14,16,19-20H,4-9,11,13H2,1-3H3. The summed E-state index contributed by atoms with van der Waals surface area (Å²) in [5.41, 5.74) is 4.54. The third kappa shape index (κ3) is 3.85. The van der Waals surface area contributed by atoms with Gasteiger partial charge in [-0.05, 0) is 55.3 Å². The summed E-state index contributed by atoms with van der Waals surface area (Å²) >= 11 is 0. The molecule has 0 amide bonds. The minimum Gasteiger partial charge on any atom is -0.313 e. The molecule has 0 radical (unpaired) electrons. The first-order valence-electron chi connectivity index (χ1n) is 8.57. The monoisotopic (exact) mass is 273 g/mol. The Balaban J connectivity index is 2.08. The van der Waals surface area contributed by atoms with E-state index < -0.39 is 0 Å². The van der Waals surface area contributed by atoms with E-state index in [9.17, 15) is 0 Å². The Morgan fingerprint density at radius 1 is 1.15 bits per heavy atom. The van der Waals surface area contributed by atoms with Gasteiger partial charge in [0.25, 0.3) is 0 Å². The molecule has 1 aromatic carbocycles. The van der Waals surface area contributed by atoms with Crippen LogP contribution in [0.1, 0.15) is 75.1 Å². The van der Waals surface area contributed by atoms with E-state index in [2.05, 4.69) is 44.4 Å². The molecular weight excluding hydrogens is 242 g/mol. The van der Waals surface area contributed by atoms with Crippen molar-refractivity contribution in [1.82, 2.24) is 5.32 Å². The van der Waals surface area contributed by atoms with E-state index in [4.69, 9.17) is 0 Å². The zero-order valence-electron chi connectivity index (χ0n) is 13.5. The molecular formula is C19H31N. The van der Waals surface area contributed by atoms with Crippen LogP contribution in [-0.4, -0.2) is 7.05 Å². The van der Waals surface area contributed by atoms with Crippen molar-refractivity contribution in [2.75, 3.05) is 7.05 Å². The Morgan fingerprint density at radius 3 is 2.50 bits per heavy atom. The van der Waals surface area contributed by atoms with Crippen molar-refractivity contribution in [2.45, 2.75) is 71.3 Å². The van der Waals surface area contributed by atoms with Crippen molar-refractivity contribution in [3.05, 3.63) is 34.9 Å². The van der Waals surface area contributed by atoms with E-state index in [1.165, 1.54) is 49.7 Å². The average molecular weight is 273 g/mol. The van der Waals surface area contributed by atoms with E-state index in [1.807, 2.05) is 0 Å². The molecule has 1 aliphatic rings. The minimum absolute atomic E-state index is 0.539. The van der Waals surface area contributed by atoms with Crippen LogP contribution >= 0.6 is 0 Å². The van der Waals surface area contributed by atoms with E-state index in [0.717, 1.165) is 18.8 Å². The number of hydrogen-bond acceptors (Lipinski definition) is 1. The highest BCUT2D eigenvalue weighted by molar-refractivity contribution is 5.34. The highest BCUT2D eigenvalue weighted by atomic mass is 14.9. The summed E-state index contributed by atoms with van der Waals surface area (Å²) in [6, 6.07) is 7.62. The molecule has 1 atom stereocenters. The van der Waals surface area contributed by atoms with Gasteiger partial charge in [0.15, 0.2) is 0 Å². The van der Waals surface area contributed by atoms with Crippen LogP contribution in [0.4, 0.5) is 0 Å². The second kappa shape index (κ2) is 7.83. The predicted molar refractivity (Wildman–Crippen MR) is 88.2 cm³/mol. The van der Waals surface area contributed by atoms with Crippen molar-refractivity contribution in [3.8, 4) is 0 Å². The Morgan fingerprint density at radius 2 is 1.90 bits per heavy atom. The first-order chi connectivity index (χ1) is 9.78. The second-order valence-electron chi connectivity index (χ2n) is 6.31. The fraction of sp³-hybridized carbons (Fsp3) is 0.684. The van der Waals surface area contributed by atoms with Gasteiger partial charge in [-0.1, -0.05) is 57.7 Å². The summed E-state index contributed by atoms with van der Waals surface area (Å²) < 4.78 is 0. The van der Waals surface area contributed by atoms with E-state index in [-0.39, 0.29) is 0 Å². The molecule has 1 heteroatoms. The first-order valence-corrected chi connectivity index (χ1v) is 8.57. The maximum Gasteiger partial charge on any atom is 0.0320 e. The van der Waals surface area contributed by atoms with Gasteiger partial charge in [-0.15, -0.1) is 0 Å². The largest absolute Gasteiger partial charge is 0.313 e. The van der Waals surface area contributed by atoms with Crippen LogP contribution in [-0.2, 0) is 12.8 Å². The lowest BCUT2D eigenvalue weighted by Crippen LogP contribution is -2.19. The smallest absolute Gasteiger partial charge is 0.0320 e. The number of hydrogen-bond donors (Lipinski definition) is 1. The fourth-order valence-corrected chi connectivity index (χ4v) is 3.67. The van der Waals surface area contributed by atoms with Crippen molar-refractivity contribution < 1.29 is 0 Å². The van der Waals surface area contributed by atoms with Crippen molar-refractivity contribution in [3.63, 3.8) is 0 Å². The Kier molecular flexibility index (Phi) is 6.09. The van der Waals surface area contributed by atoms with Gasteiger partial charge >= 0.3 is 0 Å². The highest BCUT2D eigenvalue weighted by Gasteiger charge is 2.19. The molecule has 1 saturated carbocycles. The van der Waals surface area contributed by atoms with E-state index >= 15 is 0 Å². The molecule has 2 rings (SSSR count). The highest BCUT2D eigenvalue weighted by Crippen LogP contribution is 2.32. The molecule has 112 valence electrons. The molecule has 20 heavy (non-hydrogen) atoms. The molecule has 0 heterocycles. The molecule has 0 spiro atoms. The third-order valence-corrected chi connectivity index (χ3v) is 5.06. The van der Waals surface area contributed by atoms with Gasteiger partial charge in [0, 0.05) is 6.04 Å². The van der Waals surface area contributed by atoms with Crippen molar-refractivity contribution in [2.24, 2.45) is 5.92 Å². The quantitative estimate of drug-likeness (QED) is 0.733. The van der Waals surface area contributed by atoms with Gasteiger partial charge in [-0.2, -0.15) is 0 Å². The van der Waals surface area contributed by atoms with E-state index in [1.54, 1.807) is 5.56 Å². The molecule has 1 N–H and O–H groups in total. The maximum absolute atomic E-state index is 3.57. The van der Waals surface area contributed by atoms with Crippen LogP contribution in [0.2, 0.25) is 0 Å². The number of nitrogens with one attached hydrogen (secondary N) is 1. The van der Waals surface area contributed by atoms with Gasteiger partial charge in [-0.3, -0.25) is 0 Å². The van der Waals surface area contributed by atoms with Crippen LogP contribution in [0.15, 0.2) is 18.2 Å². The van der Waals surface area contributed by atoms with Gasteiger partial charge in [0.1, 0.15) is 0 Å². The average Bonchev–Trinajstić information content (AvgIpc) is 3.01. The van der Waals surface area contributed by atoms with E-state index in [0.29, 0.717) is 6.04 Å². The van der Waals surface area contributed by atoms with Crippen molar-refractivity contribution >= 4 is 0 Å². The zero-order chi connectivity index (χ0) is 14.4. The molecule has 1 aromatic rings. The summed E-state index contributed by atoms with van der Waals surface area (Å²) in [5, 5.41) is 3.57. The molecule has 1 aliphatic carbocycles. The zero-order valence-corrected chi connectivity index (χ0v) is 13.5. The number of benzene rings is 1. The predicted octanol–water partition coefficient (Wildman–Crippen LogP) is 5.04. The maximum atomic E-state index is 3.57. The number of rotatable bonds is 7. The van der Waals surface area contributed by atoms with Crippen LogP contribution < -0.4 is 5.32 Å². The SMILES string of the molecule is CCc1ccc(CC)c(C(CCC2CCCC2)NC)c1. The minimum atomic E-state index is 0.539.